The second-order valence-electron chi connectivity index (χ2n) is 22.5. The summed E-state index contributed by atoms with van der Waals surface area (Å²) < 4.78 is 153. The topological polar surface area (TPSA) is 51.6 Å². The van der Waals surface area contributed by atoms with Gasteiger partial charge in [-0.25, -0.2) is 0 Å². The molecule has 16 aromatic rings. The van der Waals surface area contributed by atoms with Gasteiger partial charge in [-0.3, -0.25) is 19.9 Å². The van der Waals surface area contributed by atoms with E-state index in [-0.39, 0.29) is 0 Å². The Morgan fingerprint density at radius 1 is 0.188 bits per heavy atom. The summed E-state index contributed by atoms with van der Waals surface area (Å²) in [6, 6.07) is 75.9. The smallest absolute Gasteiger partial charge is 0.256 e. The number of alkyl halides is 12. The molecule has 472 valence electrons. The van der Waals surface area contributed by atoms with Crippen molar-refractivity contribution in [1.29, 1.82) is 0 Å². The van der Waals surface area contributed by atoms with Crippen LogP contribution in [0, 0.1) is 0 Å². The van der Waals surface area contributed by atoms with Crippen molar-refractivity contribution in [2.24, 2.45) is 0 Å². The van der Waals surface area contributed by atoms with Gasteiger partial charge in [0.15, 0.2) is 0 Å². The summed E-state index contributed by atoms with van der Waals surface area (Å²) in [5, 5.41) is 12.4. The second-order valence-corrected chi connectivity index (χ2v) is 22.5. The number of halogens is 12. The minimum absolute atomic E-state index is 0.649. The molecule has 4 nitrogen and oxygen atoms in total. The van der Waals surface area contributed by atoms with Crippen molar-refractivity contribution in [3.05, 3.63) is 314 Å². The Morgan fingerprint density at radius 3 is 0.552 bits per heavy atom. The molecule has 0 N–H and O–H groups in total. The zero-order valence-electron chi connectivity index (χ0n) is 50.0. The van der Waals surface area contributed by atoms with Crippen LogP contribution < -0.4 is 0 Å². The minimum atomic E-state index is -4.33. The van der Waals surface area contributed by atoms with E-state index in [1.807, 2.05) is 170 Å². The van der Waals surface area contributed by atoms with Crippen molar-refractivity contribution in [1.82, 2.24) is 19.9 Å². The van der Waals surface area contributed by atoms with Crippen LogP contribution in [-0.4, -0.2) is 19.9 Å². The molecule has 0 saturated heterocycles. The highest BCUT2D eigenvalue weighted by Crippen LogP contribution is 2.41. The Morgan fingerprint density at radius 2 is 0.365 bits per heavy atom. The summed E-state index contributed by atoms with van der Waals surface area (Å²) in [6.45, 7) is 0. The Hall–Kier alpha value is -11.5. The third-order valence-corrected chi connectivity index (χ3v) is 16.5. The van der Waals surface area contributed by atoms with Gasteiger partial charge >= 0.3 is 24.7 Å². The molecule has 0 atom stereocenters. The summed E-state index contributed by atoms with van der Waals surface area (Å²) in [6.07, 6.45) is -10.5. The van der Waals surface area contributed by atoms with Gasteiger partial charge < -0.3 is 0 Å². The van der Waals surface area contributed by atoms with Gasteiger partial charge in [-0.05, 0) is 162 Å². The van der Waals surface area contributed by atoms with E-state index in [9.17, 15) is 52.7 Å². The van der Waals surface area contributed by atoms with E-state index in [1.54, 1.807) is 24.8 Å². The van der Waals surface area contributed by atoms with Crippen molar-refractivity contribution < 1.29 is 52.7 Å². The fraction of sp³-hybridized carbons (Fsp3) is 0.0500. The maximum atomic E-state index is 12.8. The van der Waals surface area contributed by atoms with Crippen molar-refractivity contribution in [3.63, 3.8) is 0 Å². The largest absolute Gasteiger partial charge is 0.416 e. The van der Waals surface area contributed by atoms with Gasteiger partial charge in [0.2, 0.25) is 0 Å². The fourth-order valence-electron chi connectivity index (χ4n) is 12.0. The molecular weight excluding hydrogens is 1240 g/mol. The Labute approximate surface area is 540 Å². The zero-order chi connectivity index (χ0) is 66.9. The molecule has 0 saturated carbocycles. The lowest BCUT2D eigenvalue weighted by Crippen LogP contribution is -2.04. The number of benzene rings is 12. The number of hydrogen-bond acceptors (Lipinski definition) is 4. The monoisotopic (exact) mass is 1290 g/mol. The number of nitrogens with zero attached hydrogens (tertiary/aromatic N) is 4. The lowest BCUT2D eigenvalue weighted by Gasteiger charge is -2.11. The highest BCUT2D eigenvalue weighted by molar-refractivity contribution is 6.15. The van der Waals surface area contributed by atoms with Crippen LogP contribution in [-0.2, 0) is 24.7 Å². The van der Waals surface area contributed by atoms with E-state index in [0.717, 1.165) is 180 Å². The number of hydrogen-bond donors (Lipinski definition) is 0. The molecule has 0 radical (unpaired) electrons. The molecule has 12 aromatic carbocycles. The van der Waals surface area contributed by atoms with E-state index >= 15 is 0 Å². The molecule has 4 heterocycles. The molecule has 4 aromatic heterocycles. The molecule has 0 aliphatic heterocycles. The quantitative estimate of drug-likeness (QED) is 0.130. The highest BCUT2D eigenvalue weighted by atomic mass is 19.4. The van der Waals surface area contributed by atoms with Gasteiger partial charge in [-0.1, -0.05) is 170 Å². The summed E-state index contributed by atoms with van der Waals surface area (Å²) in [5.41, 5.74) is 6.76. The maximum Gasteiger partial charge on any atom is 0.416 e. The maximum absolute atomic E-state index is 12.8. The fourth-order valence-corrected chi connectivity index (χ4v) is 12.0. The first-order valence-electron chi connectivity index (χ1n) is 29.9. The standard InChI is InChI=1S/4C20H12F3N/c4*21-20(22,23)15-9-7-13(8-10-15)18-12-14-4-1-2-5-16(14)17-6-3-11-24-19(17)18/h4*1-12H. The minimum Gasteiger partial charge on any atom is -0.256 e. The number of aromatic nitrogens is 4. The molecule has 16 rings (SSSR count). The average molecular weight is 1290 g/mol. The molecule has 0 bridgehead atoms. The molecular formula is C80H48F12N4. The van der Waals surface area contributed by atoms with E-state index in [4.69, 9.17) is 0 Å². The van der Waals surface area contributed by atoms with E-state index < -0.39 is 47.0 Å². The van der Waals surface area contributed by atoms with Crippen LogP contribution in [0.5, 0.6) is 0 Å². The number of pyridine rings is 4. The van der Waals surface area contributed by atoms with Gasteiger partial charge in [-0.15, -0.1) is 0 Å². The van der Waals surface area contributed by atoms with Crippen LogP contribution in [0.3, 0.4) is 0 Å². The Bertz CT molecular complexity index is 4830. The average Bonchev–Trinajstić information content (AvgIpc) is 0.787. The Balaban J connectivity index is 0.000000116. The third kappa shape index (κ3) is 13.1. The second kappa shape index (κ2) is 25.8. The van der Waals surface area contributed by atoms with Gasteiger partial charge in [0.25, 0.3) is 0 Å². The molecule has 0 fully saturated rings. The van der Waals surface area contributed by atoms with Gasteiger partial charge in [0, 0.05) is 68.6 Å². The van der Waals surface area contributed by atoms with Crippen LogP contribution in [0.4, 0.5) is 52.7 Å². The van der Waals surface area contributed by atoms with Gasteiger partial charge in [0.05, 0.1) is 44.3 Å². The van der Waals surface area contributed by atoms with Crippen molar-refractivity contribution in [2.75, 3.05) is 0 Å². The molecule has 0 aliphatic carbocycles. The Kier molecular flexibility index (Phi) is 17.0. The summed E-state index contributed by atoms with van der Waals surface area (Å²) in [4.78, 5) is 17.8. The molecule has 0 unspecified atom stereocenters. The normalized spacial score (nSPS) is 12.0. The lowest BCUT2D eigenvalue weighted by atomic mass is 9.96. The SMILES string of the molecule is FC(F)(F)c1ccc(-c2cc3ccccc3c3cccnc23)cc1.FC(F)(F)c1ccc(-c2cc3ccccc3c3cccnc23)cc1.FC(F)(F)c1ccc(-c2cc3ccccc3c3cccnc23)cc1.FC(F)(F)c1ccc(-c2cc3ccccc3c3cccnc23)cc1. The summed E-state index contributed by atoms with van der Waals surface area (Å²) in [5.74, 6) is 0. The van der Waals surface area contributed by atoms with Crippen LogP contribution in [0.2, 0.25) is 0 Å². The van der Waals surface area contributed by atoms with Crippen LogP contribution in [0.1, 0.15) is 22.3 Å². The molecule has 0 aliphatic rings. The number of rotatable bonds is 4. The first kappa shape index (κ1) is 63.2. The highest BCUT2D eigenvalue weighted by Gasteiger charge is 2.33. The predicted octanol–water partition coefficient (Wildman–Crippen LogP) is 24.3. The predicted molar refractivity (Wildman–Crippen MR) is 359 cm³/mol. The molecule has 0 amide bonds. The van der Waals surface area contributed by atoms with E-state index in [2.05, 4.69) is 19.9 Å². The zero-order valence-corrected chi connectivity index (χ0v) is 50.0. The summed E-state index contributed by atoms with van der Waals surface area (Å²) >= 11 is 0. The van der Waals surface area contributed by atoms with Crippen molar-refractivity contribution >= 4 is 86.7 Å². The number of fused-ring (bicyclic) bond motifs is 12. The van der Waals surface area contributed by atoms with E-state index in [1.165, 1.54) is 48.5 Å². The van der Waals surface area contributed by atoms with Gasteiger partial charge in [-0.2, -0.15) is 52.7 Å². The van der Waals surface area contributed by atoms with Crippen LogP contribution >= 0.6 is 0 Å². The summed E-state index contributed by atoms with van der Waals surface area (Å²) in [7, 11) is 0. The lowest BCUT2D eigenvalue weighted by molar-refractivity contribution is -0.138. The van der Waals surface area contributed by atoms with Crippen LogP contribution in [0.25, 0.3) is 131 Å². The van der Waals surface area contributed by atoms with Crippen molar-refractivity contribution in [2.45, 2.75) is 24.7 Å². The first-order chi connectivity index (χ1) is 46.2. The molecule has 0 spiro atoms. The molecule has 96 heavy (non-hydrogen) atoms. The van der Waals surface area contributed by atoms with Crippen molar-refractivity contribution in [3.8, 4) is 44.5 Å². The van der Waals surface area contributed by atoms with Crippen LogP contribution in [0.15, 0.2) is 292 Å². The van der Waals surface area contributed by atoms with Gasteiger partial charge in [0.1, 0.15) is 0 Å². The molecule has 16 heteroatoms. The first-order valence-corrected chi connectivity index (χ1v) is 29.9. The van der Waals surface area contributed by atoms with E-state index in [0.29, 0.717) is 0 Å². The third-order valence-electron chi connectivity index (χ3n) is 16.5.